The van der Waals surface area contributed by atoms with Gasteiger partial charge in [0.25, 0.3) is 0 Å². The van der Waals surface area contributed by atoms with Crippen molar-refractivity contribution < 1.29 is 9.32 Å². The van der Waals surface area contributed by atoms with E-state index in [1.165, 1.54) is 0 Å². The van der Waals surface area contributed by atoms with E-state index in [0.29, 0.717) is 17.3 Å². The smallest absolute Gasteiger partial charge is 0.324 e. The minimum atomic E-state index is -0.393. The monoisotopic (exact) mass is 365 g/mol. The van der Waals surface area contributed by atoms with Crippen LogP contribution in [0.15, 0.2) is 66.0 Å². The first-order chi connectivity index (χ1) is 13.1. The molecule has 2 amide bonds. The van der Waals surface area contributed by atoms with Gasteiger partial charge in [0.1, 0.15) is 5.76 Å². The average molecular weight is 365 g/mol. The summed E-state index contributed by atoms with van der Waals surface area (Å²) in [6.45, 7) is 9.76. The van der Waals surface area contributed by atoms with Crippen LogP contribution in [0.3, 0.4) is 0 Å². The molecule has 0 atom stereocenters. The SMILES string of the molecule is C=C(Nc1ccc(NC(=O)Nc2cc(C)on2)cc1)c1ccncc1.CC. The highest BCUT2D eigenvalue weighted by molar-refractivity contribution is 5.99. The van der Waals surface area contributed by atoms with E-state index in [4.69, 9.17) is 4.52 Å². The molecule has 0 aliphatic carbocycles. The summed E-state index contributed by atoms with van der Waals surface area (Å²) < 4.78 is 4.89. The number of nitrogens with one attached hydrogen (secondary N) is 3. The molecule has 0 saturated carbocycles. The van der Waals surface area contributed by atoms with Gasteiger partial charge in [0.05, 0.1) is 0 Å². The third kappa shape index (κ3) is 6.00. The van der Waals surface area contributed by atoms with E-state index >= 15 is 0 Å². The molecule has 0 aliphatic heterocycles. The van der Waals surface area contributed by atoms with Crippen LogP contribution in [0.5, 0.6) is 0 Å². The summed E-state index contributed by atoms with van der Waals surface area (Å²) in [5.41, 5.74) is 3.24. The molecular formula is C20H23N5O2. The van der Waals surface area contributed by atoms with Gasteiger partial charge in [-0.1, -0.05) is 25.6 Å². The topological polar surface area (TPSA) is 92.1 Å². The number of carbonyl (C=O) groups excluding carboxylic acids is 1. The highest BCUT2D eigenvalue weighted by atomic mass is 16.5. The second kappa shape index (κ2) is 9.76. The average Bonchev–Trinajstić information content (AvgIpc) is 3.10. The lowest BCUT2D eigenvalue weighted by molar-refractivity contribution is 0.262. The number of carbonyl (C=O) groups is 1. The maximum atomic E-state index is 11.9. The molecule has 140 valence electrons. The number of rotatable bonds is 5. The van der Waals surface area contributed by atoms with Gasteiger partial charge in [-0.25, -0.2) is 4.79 Å². The molecule has 7 heteroatoms. The van der Waals surface area contributed by atoms with Crippen molar-refractivity contribution in [2.24, 2.45) is 0 Å². The molecule has 0 saturated heterocycles. The lowest BCUT2D eigenvalue weighted by Crippen LogP contribution is -2.19. The van der Waals surface area contributed by atoms with Crippen molar-refractivity contribution >= 4 is 28.9 Å². The molecule has 0 bridgehead atoms. The largest absolute Gasteiger partial charge is 0.360 e. The minimum absolute atomic E-state index is 0.363. The Kier molecular flexibility index (Phi) is 7.13. The molecule has 0 aliphatic rings. The molecule has 27 heavy (non-hydrogen) atoms. The van der Waals surface area contributed by atoms with Crippen molar-refractivity contribution in [1.29, 1.82) is 0 Å². The number of pyridine rings is 1. The Labute approximate surface area is 158 Å². The molecule has 2 heterocycles. The van der Waals surface area contributed by atoms with Gasteiger partial charge >= 0.3 is 6.03 Å². The van der Waals surface area contributed by atoms with Crippen molar-refractivity contribution in [2.45, 2.75) is 20.8 Å². The maximum absolute atomic E-state index is 11.9. The summed E-state index contributed by atoms with van der Waals surface area (Å²) >= 11 is 0. The van der Waals surface area contributed by atoms with E-state index in [1.54, 1.807) is 37.5 Å². The molecule has 2 aromatic heterocycles. The Hall–Kier alpha value is -3.61. The van der Waals surface area contributed by atoms with Gasteiger partial charge in [-0.05, 0) is 43.3 Å². The second-order valence-electron chi connectivity index (χ2n) is 5.32. The molecule has 7 nitrogen and oxygen atoms in total. The summed E-state index contributed by atoms with van der Waals surface area (Å²) in [5, 5.41) is 12.2. The van der Waals surface area contributed by atoms with Gasteiger partial charge in [-0.2, -0.15) is 0 Å². The third-order valence-corrected chi connectivity index (χ3v) is 3.34. The van der Waals surface area contributed by atoms with Gasteiger partial charge < -0.3 is 15.2 Å². The normalized spacial score (nSPS) is 9.59. The van der Waals surface area contributed by atoms with Gasteiger partial charge in [0.2, 0.25) is 0 Å². The van der Waals surface area contributed by atoms with Crippen LogP contribution < -0.4 is 16.0 Å². The Morgan fingerprint density at radius 1 is 0.963 bits per heavy atom. The van der Waals surface area contributed by atoms with Crippen molar-refractivity contribution in [3.8, 4) is 0 Å². The predicted octanol–water partition coefficient (Wildman–Crippen LogP) is 5.13. The molecule has 3 rings (SSSR count). The van der Waals surface area contributed by atoms with Crippen molar-refractivity contribution in [3.05, 3.63) is 72.8 Å². The Morgan fingerprint density at radius 2 is 1.56 bits per heavy atom. The van der Waals surface area contributed by atoms with Crippen LogP contribution in [0.2, 0.25) is 0 Å². The number of aryl methyl sites for hydroxylation is 1. The number of anilines is 3. The molecule has 0 radical (unpaired) electrons. The van der Waals surface area contributed by atoms with Gasteiger partial charge in [-0.3, -0.25) is 10.3 Å². The molecule has 1 aromatic carbocycles. The molecule has 0 unspecified atom stereocenters. The summed E-state index contributed by atoms with van der Waals surface area (Å²) in [5.74, 6) is 0.988. The summed E-state index contributed by atoms with van der Waals surface area (Å²) in [4.78, 5) is 15.9. The van der Waals surface area contributed by atoms with Crippen molar-refractivity contribution in [1.82, 2.24) is 10.1 Å². The molecular weight excluding hydrogens is 342 g/mol. The van der Waals surface area contributed by atoms with Gasteiger partial charge in [0, 0.05) is 41.1 Å². The lowest BCUT2D eigenvalue weighted by atomic mass is 10.2. The first kappa shape index (κ1) is 19.7. The lowest BCUT2D eigenvalue weighted by Gasteiger charge is -2.11. The zero-order chi connectivity index (χ0) is 19.6. The first-order valence-corrected chi connectivity index (χ1v) is 8.58. The third-order valence-electron chi connectivity index (χ3n) is 3.34. The van der Waals surface area contributed by atoms with E-state index in [0.717, 1.165) is 16.9 Å². The van der Waals surface area contributed by atoms with Gasteiger partial charge in [-0.15, -0.1) is 0 Å². The number of aromatic nitrogens is 2. The van der Waals surface area contributed by atoms with E-state index in [1.807, 2.05) is 38.1 Å². The number of nitrogens with zero attached hydrogens (tertiary/aromatic N) is 2. The predicted molar refractivity (Wildman–Crippen MR) is 109 cm³/mol. The summed E-state index contributed by atoms with van der Waals surface area (Å²) in [6, 6.07) is 12.3. The quantitative estimate of drug-likeness (QED) is 0.583. The van der Waals surface area contributed by atoms with Gasteiger partial charge in [0.15, 0.2) is 5.82 Å². The fourth-order valence-electron chi connectivity index (χ4n) is 2.14. The fourth-order valence-corrected chi connectivity index (χ4v) is 2.14. The molecule has 0 fully saturated rings. The zero-order valence-corrected chi connectivity index (χ0v) is 15.6. The molecule has 3 N–H and O–H groups in total. The summed E-state index contributed by atoms with van der Waals surface area (Å²) in [6.07, 6.45) is 3.42. The van der Waals surface area contributed by atoms with Crippen LogP contribution >= 0.6 is 0 Å². The van der Waals surface area contributed by atoms with Crippen LogP contribution in [-0.2, 0) is 0 Å². The fraction of sp³-hybridized carbons (Fsp3) is 0.150. The number of hydrogen-bond acceptors (Lipinski definition) is 5. The van der Waals surface area contributed by atoms with Crippen LogP contribution in [0.4, 0.5) is 22.0 Å². The number of benzene rings is 1. The minimum Gasteiger partial charge on any atom is -0.360 e. The van der Waals surface area contributed by atoms with Crippen LogP contribution in [0.25, 0.3) is 5.70 Å². The van der Waals surface area contributed by atoms with Crippen molar-refractivity contribution in [2.75, 3.05) is 16.0 Å². The highest BCUT2D eigenvalue weighted by Crippen LogP contribution is 2.19. The van der Waals surface area contributed by atoms with E-state index < -0.39 is 6.03 Å². The van der Waals surface area contributed by atoms with E-state index in [2.05, 4.69) is 32.7 Å². The molecule has 3 aromatic rings. The maximum Gasteiger partial charge on any atom is 0.324 e. The molecule has 0 spiro atoms. The van der Waals surface area contributed by atoms with E-state index in [9.17, 15) is 4.79 Å². The van der Waals surface area contributed by atoms with E-state index in [-0.39, 0.29) is 0 Å². The standard InChI is InChI=1S/C18H17N5O2.C2H6/c1-12-11-17(23-25-12)22-18(24)21-16-5-3-15(4-6-16)20-13(2)14-7-9-19-10-8-14;1-2/h3-11,20H,2H2,1H3,(H2,21,22,23,24);1-2H3. The summed E-state index contributed by atoms with van der Waals surface area (Å²) in [7, 11) is 0. The zero-order valence-electron chi connectivity index (χ0n) is 15.6. The second-order valence-corrected chi connectivity index (χ2v) is 5.32. The Bertz CT molecular complexity index is 873. The van der Waals surface area contributed by atoms with Crippen LogP contribution in [-0.4, -0.2) is 16.2 Å². The number of amides is 2. The van der Waals surface area contributed by atoms with Crippen LogP contribution in [0, 0.1) is 6.92 Å². The highest BCUT2D eigenvalue weighted by Gasteiger charge is 2.06. The number of hydrogen-bond donors (Lipinski definition) is 3. The Morgan fingerprint density at radius 3 is 2.11 bits per heavy atom. The number of urea groups is 1. The van der Waals surface area contributed by atoms with Crippen LogP contribution in [0.1, 0.15) is 25.2 Å². The first-order valence-electron chi connectivity index (χ1n) is 8.58. The van der Waals surface area contributed by atoms with Crippen molar-refractivity contribution in [3.63, 3.8) is 0 Å². The Balaban J connectivity index is 0.00000126.